The summed E-state index contributed by atoms with van der Waals surface area (Å²) in [6, 6.07) is 11.7. The van der Waals surface area contributed by atoms with Crippen LogP contribution in [0.25, 0.3) is 10.9 Å². The summed E-state index contributed by atoms with van der Waals surface area (Å²) in [5.41, 5.74) is 2.12. The average molecular weight is 440 g/mol. The first-order chi connectivity index (χ1) is 15.2. The minimum absolute atomic E-state index is 0.121. The van der Waals surface area contributed by atoms with Gasteiger partial charge in [-0.1, -0.05) is 17.7 Å². The smallest absolute Gasteiger partial charge is 0.153 e. The lowest BCUT2D eigenvalue weighted by Crippen LogP contribution is -2.61. The van der Waals surface area contributed by atoms with E-state index in [0.717, 1.165) is 42.5 Å². The van der Waals surface area contributed by atoms with Crippen LogP contribution in [0.5, 0.6) is 0 Å². The molecule has 2 unspecified atom stereocenters. The van der Waals surface area contributed by atoms with Crippen LogP contribution in [0.4, 0.5) is 10.1 Å². The predicted molar refractivity (Wildman–Crippen MR) is 121 cm³/mol. The van der Waals surface area contributed by atoms with E-state index in [0.29, 0.717) is 29.3 Å². The Morgan fingerprint density at radius 3 is 2.65 bits per heavy atom. The van der Waals surface area contributed by atoms with E-state index in [1.165, 1.54) is 25.7 Å². The van der Waals surface area contributed by atoms with Gasteiger partial charge in [-0.15, -0.1) is 5.10 Å². The third-order valence-electron chi connectivity index (χ3n) is 7.72. The lowest BCUT2D eigenvalue weighted by Gasteiger charge is -2.53. The number of fused-ring (bicyclic) bond motifs is 4. The lowest BCUT2D eigenvalue weighted by atomic mass is 9.82. The summed E-state index contributed by atoms with van der Waals surface area (Å²) in [5, 5.41) is 9.12. The van der Waals surface area contributed by atoms with Crippen molar-refractivity contribution in [2.24, 2.45) is 0 Å². The first kappa shape index (κ1) is 19.5. The highest BCUT2D eigenvalue weighted by Crippen LogP contribution is 2.42. The normalized spacial score (nSPS) is 29.0. The van der Waals surface area contributed by atoms with Crippen LogP contribution in [0.15, 0.2) is 42.7 Å². The number of rotatable bonds is 3. The van der Waals surface area contributed by atoms with Crippen molar-refractivity contribution in [3.05, 3.63) is 53.7 Å². The van der Waals surface area contributed by atoms with Crippen LogP contribution < -0.4 is 4.90 Å². The number of aromatic nitrogens is 3. The molecule has 162 valence electrons. The second kappa shape index (κ2) is 7.75. The molecule has 5 nitrogen and oxygen atoms in total. The SMILES string of the molecule is Fc1cccc2c1ccn2[C@H]1CC[C@@H](N2C3CCN(c4cnnc(Cl)c4)CC2C3)CC1. The van der Waals surface area contributed by atoms with Gasteiger partial charge in [0, 0.05) is 54.9 Å². The molecule has 4 aliphatic rings. The van der Waals surface area contributed by atoms with Crippen LogP contribution in [0.3, 0.4) is 0 Å². The maximum Gasteiger partial charge on any atom is 0.153 e. The van der Waals surface area contributed by atoms with Gasteiger partial charge in [0.2, 0.25) is 0 Å². The van der Waals surface area contributed by atoms with Crippen molar-refractivity contribution in [3.8, 4) is 0 Å². The van der Waals surface area contributed by atoms with E-state index in [-0.39, 0.29) is 5.82 Å². The van der Waals surface area contributed by atoms with Crippen molar-refractivity contribution in [3.63, 3.8) is 0 Å². The summed E-state index contributed by atoms with van der Waals surface area (Å²) < 4.78 is 16.4. The van der Waals surface area contributed by atoms with E-state index < -0.39 is 0 Å². The molecule has 5 heterocycles. The second-order valence-corrected chi connectivity index (χ2v) is 9.71. The van der Waals surface area contributed by atoms with E-state index in [4.69, 9.17) is 11.6 Å². The topological polar surface area (TPSA) is 37.2 Å². The minimum atomic E-state index is -0.121. The molecule has 0 amide bonds. The summed E-state index contributed by atoms with van der Waals surface area (Å²) in [6.07, 6.45) is 11.2. The molecular formula is C24H27ClFN5. The van der Waals surface area contributed by atoms with Crippen LogP contribution in [-0.4, -0.2) is 50.9 Å². The molecule has 1 saturated carbocycles. The van der Waals surface area contributed by atoms with Gasteiger partial charge in [-0.2, -0.15) is 5.10 Å². The monoisotopic (exact) mass is 439 g/mol. The summed E-state index contributed by atoms with van der Waals surface area (Å²) in [4.78, 5) is 5.23. The van der Waals surface area contributed by atoms with Gasteiger partial charge in [-0.05, 0) is 56.7 Å². The van der Waals surface area contributed by atoms with Gasteiger partial charge in [0.05, 0.1) is 17.4 Å². The standard InChI is InChI=1S/C24H27ClFN5/c25-24-13-19(14-27-28-24)29-10-8-18-12-20(15-29)31(18)17-6-4-16(5-7-17)30-11-9-21-22(26)2-1-3-23(21)30/h1-3,9,11,13-14,16-18,20H,4-8,10,12,15H2/t16-,17+,18?,20?. The van der Waals surface area contributed by atoms with Crippen LogP contribution in [-0.2, 0) is 0 Å². The molecule has 2 aromatic heterocycles. The fourth-order valence-electron chi connectivity index (χ4n) is 6.24. The molecule has 3 saturated heterocycles. The van der Waals surface area contributed by atoms with Gasteiger partial charge in [0.25, 0.3) is 0 Å². The summed E-state index contributed by atoms with van der Waals surface area (Å²) in [7, 11) is 0. The Kier molecular flexibility index (Phi) is 4.87. The van der Waals surface area contributed by atoms with E-state index in [9.17, 15) is 4.39 Å². The highest BCUT2D eigenvalue weighted by atomic mass is 35.5. The Hall–Kier alpha value is -2.18. The fraction of sp³-hybridized carbons (Fsp3) is 0.500. The maximum atomic E-state index is 14.1. The zero-order valence-corrected chi connectivity index (χ0v) is 18.3. The average Bonchev–Trinajstić information content (AvgIpc) is 2.97. The van der Waals surface area contributed by atoms with Crippen molar-refractivity contribution in [1.82, 2.24) is 19.7 Å². The zero-order valence-electron chi connectivity index (χ0n) is 17.5. The van der Waals surface area contributed by atoms with Crippen molar-refractivity contribution in [2.75, 3.05) is 18.0 Å². The van der Waals surface area contributed by atoms with Gasteiger partial charge in [-0.3, -0.25) is 4.90 Å². The molecule has 2 atom stereocenters. The second-order valence-electron chi connectivity index (χ2n) is 9.32. The molecule has 4 fully saturated rings. The maximum absolute atomic E-state index is 14.1. The van der Waals surface area contributed by atoms with E-state index in [2.05, 4.69) is 30.8 Å². The molecule has 3 aliphatic heterocycles. The molecule has 1 aliphatic carbocycles. The largest absolute Gasteiger partial charge is 0.369 e. The number of anilines is 1. The number of benzene rings is 1. The molecule has 7 heteroatoms. The highest BCUT2D eigenvalue weighted by molar-refractivity contribution is 6.29. The van der Waals surface area contributed by atoms with E-state index >= 15 is 0 Å². The van der Waals surface area contributed by atoms with E-state index in [1.807, 2.05) is 30.5 Å². The van der Waals surface area contributed by atoms with Gasteiger partial charge >= 0.3 is 0 Å². The third kappa shape index (κ3) is 3.40. The van der Waals surface area contributed by atoms with Crippen molar-refractivity contribution in [2.45, 2.75) is 62.7 Å². The molecule has 0 spiro atoms. The third-order valence-corrected chi connectivity index (χ3v) is 7.90. The number of hydrogen-bond donors (Lipinski definition) is 0. The van der Waals surface area contributed by atoms with Crippen LogP contribution >= 0.6 is 11.6 Å². The zero-order chi connectivity index (χ0) is 20.9. The highest BCUT2D eigenvalue weighted by Gasteiger charge is 2.46. The van der Waals surface area contributed by atoms with Crippen molar-refractivity contribution in [1.29, 1.82) is 0 Å². The first-order valence-corrected chi connectivity index (χ1v) is 11.8. The summed E-state index contributed by atoms with van der Waals surface area (Å²) in [5.74, 6) is -0.121. The fourth-order valence-corrected chi connectivity index (χ4v) is 6.40. The number of hydrogen-bond acceptors (Lipinski definition) is 4. The van der Waals surface area contributed by atoms with Gasteiger partial charge < -0.3 is 9.47 Å². The predicted octanol–water partition coefficient (Wildman–Crippen LogP) is 5.06. The molecule has 31 heavy (non-hydrogen) atoms. The Bertz CT molecular complexity index is 1090. The van der Waals surface area contributed by atoms with Crippen LogP contribution in [0, 0.1) is 5.82 Å². The molecule has 3 aromatic rings. The van der Waals surface area contributed by atoms with Crippen molar-refractivity contribution < 1.29 is 4.39 Å². The van der Waals surface area contributed by atoms with Crippen molar-refractivity contribution >= 4 is 28.2 Å². The molecule has 0 radical (unpaired) electrons. The molecule has 7 rings (SSSR count). The Balaban J connectivity index is 1.13. The molecule has 1 aromatic carbocycles. The van der Waals surface area contributed by atoms with Gasteiger partial charge in [0.1, 0.15) is 5.82 Å². The Morgan fingerprint density at radius 2 is 1.81 bits per heavy atom. The molecule has 0 N–H and O–H groups in total. The molecule has 2 bridgehead atoms. The van der Waals surface area contributed by atoms with Crippen LogP contribution in [0.1, 0.15) is 44.6 Å². The number of halogens is 2. The van der Waals surface area contributed by atoms with Crippen LogP contribution in [0.2, 0.25) is 5.15 Å². The molecular weight excluding hydrogens is 413 g/mol. The number of nitrogens with zero attached hydrogens (tertiary/aromatic N) is 5. The van der Waals surface area contributed by atoms with E-state index in [1.54, 1.807) is 6.07 Å². The summed E-state index contributed by atoms with van der Waals surface area (Å²) in [6.45, 7) is 2.09. The Labute approximate surface area is 186 Å². The minimum Gasteiger partial charge on any atom is -0.369 e. The Morgan fingerprint density at radius 1 is 0.968 bits per heavy atom. The first-order valence-electron chi connectivity index (χ1n) is 11.4. The summed E-state index contributed by atoms with van der Waals surface area (Å²) >= 11 is 6.07. The quantitative estimate of drug-likeness (QED) is 0.571. The lowest BCUT2D eigenvalue weighted by molar-refractivity contribution is -0.0308. The van der Waals surface area contributed by atoms with Gasteiger partial charge in [0.15, 0.2) is 5.15 Å². The van der Waals surface area contributed by atoms with Gasteiger partial charge in [-0.25, -0.2) is 4.39 Å².